The summed E-state index contributed by atoms with van der Waals surface area (Å²) in [5, 5.41) is 5.91. The number of nitrogen functional groups attached to an aromatic ring is 1. The molecule has 8 heteroatoms. The first-order chi connectivity index (χ1) is 9.74. The van der Waals surface area contributed by atoms with Crippen molar-refractivity contribution in [1.29, 1.82) is 0 Å². The van der Waals surface area contributed by atoms with E-state index in [1.165, 1.54) is 0 Å². The molecule has 2 aromatic rings. The molecule has 1 aromatic carbocycles. The van der Waals surface area contributed by atoms with Crippen LogP contribution in [0.3, 0.4) is 0 Å². The highest BCUT2D eigenvalue weighted by Gasteiger charge is 2.13. The van der Waals surface area contributed by atoms with E-state index in [2.05, 4.69) is 25.6 Å². The quantitative estimate of drug-likeness (QED) is 0.752. The number of nitrogens with one attached hydrogen (secondary N) is 2. The Hall–Kier alpha value is -2.77. The van der Waals surface area contributed by atoms with Gasteiger partial charge in [0, 0.05) is 13.6 Å². The second-order valence-electron chi connectivity index (χ2n) is 4.13. The molecule has 0 radical (unpaired) electrons. The minimum absolute atomic E-state index is 0.164. The molecule has 0 spiro atoms. The SMILES string of the molecule is CNc1nc(N)nc(NCc2ccc3c(c2)OCO3)n1. The van der Waals surface area contributed by atoms with Crippen LogP contribution >= 0.6 is 0 Å². The molecule has 2 heterocycles. The number of ether oxygens (including phenoxy) is 2. The minimum atomic E-state index is 0.164. The van der Waals surface area contributed by atoms with Crippen LogP contribution in [0.2, 0.25) is 0 Å². The van der Waals surface area contributed by atoms with Crippen LogP contribution in [0.4, 0.5) is 17.8 Å². The topological polar surface area (TPSA) is 107 Å². The highest BCUT2D eigenvalue weighted by Crippen LogP contribution is 2.32. The Morgan fingerprint density at radius 1 is 1.15 bits per heavy atom. The molecule has 8 nitrogen and oxygen atoms in total. The van der Waals surface area contributed by atoms with Gasteiger partial charge >= 0.3 is 0 Å². The van der Waals surface area contributed by atoms with E-state index in [-0.39, 0.29) is 12.7 Å². The maximum absolute atomic E-state index is 5.60. The largest absolute Gasteiger partial charge is 0.454 e. The lowest BCUT2D eigenvalue weighted by Gasteiger charge is -2.07. The van der Waals surface area contributed by atoms with Gasteiger partial charge in [0.2, 0.25) is 24.6 Å². The van der Waals surface area contributed by atoms with E-state index in [0.29, 0.717) is 18.4 Å². The first-order valence-corrected chi connectivity index (χ1v) is 6.06. The summed E-state index contributed by atoms with van der Waals surface area (Å²) in [5.74, 6) is 2.51. The average molecular weight is 274 g/mol. The van der Waals surface area contributed by atoms with Gasteiger partial charge in [-0.3, -0.25) is 0 Å². The van der Waals surface area contributed by atoms with Crippen LogP contribution in [0.15, 0.2) is 18.2 Å². The molecular weight excluding hydrogens is 260 g/mol. The van der Waals surface area contributed by atoms with Gasteiger partial charge in [-0.2, -0.15) is 15.0 Å². The maximum atomic E-state index is 5.60. The molecule has 104 valence electrons. The van der Waals surface area contributed by atoms with E-state index in [0.717, 1.165) is 17.1 Å². The van der Waals surface area contributed by atoms with Crippen LogP contribution in [-0.4, -0.2) is 28.8 Å². The van der Waals surface area contributed by atoms with Crippen molar-refractivity contribution in [3.05, 3.63) is 23.8 Å². The Balaban J connectivity index is 1.71. The van der Waals surface area contributed by atoms with Gasteiger partial charge in [0.15, 0.2) is 11.5 Å². The standard InChI is InChI=1S/C12H14N6O2/c1-14-11-16-10(13)17-12(18-11)15-5-7-2-3-8-9(4-7)20-6-19-8/h2-4H,5-6H2,1H3,(H4,13,14,15,16,17,18). The lowest BCUT2D eigenvalue weighted by molar-refractivity contribution is 0.174. The van der Waals surface area contributed by atoms with E-state index < -0.39 is 0 Å². The number of benzene rings is 1. The summed E-state index contributed by atoms with van der Waals surface area (Å²) in [5.41, 5.74) is 6.63. The van der Waals surface area contributed by atoms with Crippen molar-refractivity contribution in [3.8, 4) is 11.5 Å². The van der Waals surface area contributed by atoms with Gasteiger partial charge in [-0.25, -0.2) is 0 Å². The number of nitrogens with zero attached hydrogens (tertiary/aromatic N) is 3. The number of fused-ring (bicyclic) bond motifs is 1. The molecule has 0 amide bonds. The number of aromatic nitrogens is 3. The molecular formula is C12H14N6O2. The van der Waals surface area contributed by atoms with Gasteiger partial charge in [0.25, 0.3) is 0 Å². The number of anilines is 3. The van der Waals surface area contributed by atoms with Crippen LogP contribution in [0, 0.1) is 0 Å². The Bertz CT molecular complexity index is 633. The lowest BCUT2D eigenvalue weighted by Crippen LogP contribution is -2.09. The van der Waals surface area contributed by atoms with Crippen LogP contribution in [-0.2, 0) is 6.54 Å². The Morgan fingerprint density at radius 2 is 1.95 bits per heavy atom. The first kappa shape index (κ1) is 12.3. The monoisotopic (exact) mass is 274 g/mol. The molecule has 1 aliphatic rings. The second kappa shape index (κ2) is 5.08. The van der Waals surface area contributed by atoms with Gasteiger partial charge in [0.05, 0.1) is 0 Å². The molecule has 3 rings (SSSR count). The summed E-state index contributed by atoms with van der Waals surface area (Å²) in [6.07, 6.45) is 0. The van der Waals surface area contributed by atoms with Crippen molar-refractivity contribution >= 4 is 17.8 Å². The Labute approximate surface area is 115 Å². The van der Waals surface area contributed by atoms with Gasteiger partial charge in [-0.1, -0.05) is 6.07 Å². The van der Waals surface area contributed by atoms with E-state index in [4.69, 9.17) is 15.2 Å². The number of nitrogens with two attached hydrogens (primary N) is 1. The number of rotatable bonds is 4. The summed E-state index contributed by atoms with van der Waals surface area (Å²) in [7, 11) is 1.72. The average Bonchev–Trinajstić information content (AvgIpc) is 2.92. The van der Waals surface area contributed by atoms with Crippen molar-refractivity contribution in [2.45, 2.75) is 6.54 Å². The van der Waals surface area contributed by atoms with Crippen LogP contribution in [0.25, 0.3) is 0 Å². The smallest absolute Gasteiger partial charge is 0.231 e. The summed E-state index contributed by atoms with van der Waals surface area (Å²) in [6.45, 7) is 0.811. The van der Waals surface area contributed by atoms with Gasteiger partial charge in [0.1, 0.15) is 0 Å². The summed E-state index contributed by atoms with van der Waals surface area (Å²) >= 11 is 0. The predicted molar refractivity (Wildman–Crippen MR) is 73.7 cm³/mol. The summed E-state index contributed by atoms with van der Waals surface area (Å²) < 4.78 is 10.6. The highest BCUT2D eigenvalue weighted by atomic mass is 16.7. The van der Waals surface area contributed by atoms with Gasteiger partial charge in [-0.15, -0.1) is 0 Å². The molecule has 1 aromatic heterocycles. The molecule has 0 saturated heterocycles. The summed E-state index contributed by atoms with van der Waals surface area (Å²) in [6, 6.07) is 5.74. The van der Waals surface area contributed by atoms with E-state index in [1.807, 2.05) is 18.2 Å². The second-order valence-corrected chi connectivity index (χ2v) is 4.13. The third-order valence-electron chi connectivity index (χ3n) is 2.76. The molecule has 0 fully saturated rings. The highest BCUT2D eigenvalue weighted by molar-refractivity contribution is 5.46. The maximum Gasteiger partial charge on any atom is 0.231 e. The third-order valence-corrected chi connectivity index (χ3v) is 2.76. The molecule has 0 saturated carbocycles. The van der Waals surface area contributed by atoms with Gasteiger partial charge < -0.3 is 25.8 Å². The zero-order valence-corrected chi connectivity index (χ0v) is 10.9. The molecule has 1 aliphatic heterocycles. The van der Waals surface area contributed by atoms with Crippen molar-refractivity contribution < 1.29 is 9.47 Å². The molecule has 20 heavy (non-hydrogen) atoms. The Morgan fingerprint density at radius 3 is 2.80 bits per heavy atom. The zero-order chi connectivity index (χ0) is 13.9. The molecule has 0 unspecified atom stereocenters. The molecule has 0 atom stereocenters. The number of hydrogen-bond acceptors (Lipinski definition) is 8. The molecule has 4 N–H and O–H groups in total. The normalized spacial score (nSPS) is 12.2. The van der Waals surface area contributed by atoms with Crippen LogP contribution in [0.1, 0.15) is 5.56 Å². The fourth-order valence-corrected chi connectivity index (χ4v) is 1.82. The zero-order valence-electron chi connectivity index (χ0n) is 10.9. The van der Waals surface area contributed by atoms with Crippen molar-refractivity contribution in [1.82, 2.24) is 15.0 Å². The summed E-state index contributed by atoms with van der Waals surface area (Å²) in [4.78, 5) is 12.1. The van der Waals surface area contributed by atoms with Crippen LogP contribution in [0.5, 0.6) is 11.5 Å². The van der Waals surface area contributed by atoms with E-state index >= 15 is 0 Å². The fraction of sp³-hybridized carbons (Fsp3) is 0.250. The lowest BCUT2D eigenvalue weighted by atomic mass is 10.2. The van der Waals surface area contributed by atoms with Crippen molar-refractivity contribution in [3.63, 3.8) is 0 Å². The third kappa shape index (κ3) is 2.48. The number of hydrogen-bond donors (Lipinski definition) is 3. The van der Waals surface area contributed by atoms with E-state index in [1.54, 1.807) is 7.05 Å². The molecule has 0 aliphatic carbocycles. The minimum Gasteiger partial charge on any atom is -0.454 e. The van der Waals surface area contributed by atoms with Crippen molar-refractivity contribution in [2.75, 3.05) is 30.2 Å². The Kier molecular flexibility index (Phi) is 3.12. The van der Waals surface area contributed by atoms with Crippen LogP contribution < -0.4 is 25.8 Å². The predicted octanol–water partition coefficient (Wildman–Crippen LogP) is 0.836. The van der Waals surface area contributed by atoms with Gasteiger partial charge in [-0.05, 0) is 17.7 Å². The first-order valence-electron chi connectivity index (χ1n) is 6.06. The fourth-order valence-electron chi connectivity index (χ4n) is 1.82. The van der Waals surface area contributed by atoms with Crippen molar-refractivity contribution in [2.24, 2.45) is 0 Å². The van der Waals surface area contributed by atoms with E-state index in [9.17, 15) is 0 Å². The molecule has 0 bridgehead atoms.